The van der Waals surface area contributed by atoms with Gasteiger partial charge in [0.15, 0.2) is 0 Å². The Morgan fingerprint density at radius 2 is 2.16 bits per heavy atom. The van der Waals surface area contributed by atoms with E-state index in [4.69, 9.17) is 10.5 Å². The Bertz CT molecular complexity index is 894. The molecule has 2 aromatic rings. The number of piperidine rings is 1. The summed E-state index contributed by atoms with van der Waals surface area (Å²) >= 11 is 1.61. The van der Waals surface area contributed by atoms with Gasteiger partial charge in [0, 0.05) is 24.5 Å². The second-order valence-electron chi connectivity index (χ2n) is 7.74. The predicted molar refractivity (Wildman–Crippen MR) is 123 cm³/mol. The number of carbonyl (C=O) groups excluding carboxylic acids is 2. The Labute approximate surface area is 187 Å². The van der Waals surface area contributed by atoms with E-state index < -0.39 is 0 Å². The van der Waals surface area contributed by atoms with E-state index in [0.29, 0.717) is 13.2 Å². The molecule has 7 nitrogen and oxygen atoms in total. The molecule has 1 atom stereocenters. The minimum absolute atomic E-state index is 0.0421. The van der Waals surface area contributed by atoms with Gasteiger partial charge in [-0.15, -0.1) is 11.3 Å². The molecule has 2 heterocycles. The third kappa shape index (κ3) is 7.80. The first-order valence-electron chi connectivity index (χ1n) is 10.6. The van der Waals surface area contributed by atoms with Crippen molar-refractivity contribution in [1.82, 2.24) is 15.2 Å². The van der Waals surface area contributed by atoms with Gasteiger partial charge in [0.2, 0.25) is 11.8 Å². The van der Waals surface area contributed by atoms with Crippen LogP contribution in [0.25, 0.3) is 6.08 Å². The van der Waals surface area contributed by atoms with Gasteiger partial charge in [-0.3, -0.25) is 9.59 Å². The predicted octanol–water partition coefficient (Wildman–Crippen LogP) is 2.75. The highest BCUT2D eigenvalue weighted by Crippen LogP contribution is 2.17. The molecule has 31 heavy (non-hydrogen) atoms. The maximum atomic E-state index is 12.0. The van der Waals surface area contributed by atoms with Crippen LogP contribution in [0.5, 0.6) is 5.75 Å². The van der Waals surface area contributed by atoms with Crippen molar-refractivity contribution >= 4 is 29.2 Å². The van der Waals surface area contributed by atoms with Gasteiger partial charge in [0.25, 0.3) is 0 Å². The van der Waals surface area contributed by atoms with Crippen LogP contribution in [0.1, 0.15) is 35.5 Å². The minimum Gasteiger partial charge on any atom is -0.487 e. The van der Waals surface area contributed by atoms with Crippen LogP contribution in [-0.4, -0.2) is 47.9 Å². The molecule has 1 aromatic heterocycles. The van der Waals surface area contributed by atoms with Gasteiger partial charge in [0.05, 0.1) is 16.6 Å². The molecule has 1 saturated heterocycles. The molecule has 166 valence electrons. The number of likely N-dealkylation sites (tertiary alicyclic amines) is 1. The number of primary amides is 1. The van der Waals surface area contributed by atoms with Crippen LogP contribution in [0.3, 0.4) is 0 Å². The zero-order valence-corrected chi connectivity index (χ0v) is 18.7. The third-order valence-corrected chi connectivity index (χ3v) is 6.04. The summed E-state index contributed by atoms with van der Waals surface area (Å²) in [5.74, 6) is 0.397. The molecule has 0 radical (unpaired) electrons. The summed E-state index contributed by atoms with van der Waals surface area (Å²) in [5, 5.41) is 5.93. The topological polar surface area (TPSA) is 97.6 Å². The first-order valence-corrected chi connectivity index (χ1v) is 11.5. The zero-order valence-electron chi connectivity index (χ0n) is 17.9. The Balaban J connectivity index is 1.33. The molecule has 1 unspecified atom stereocenters. The Morgan fingerprint density at radius 3 is 2.87 bits per heavy atom. The molecule has 8 heteroatoms. The van der Waals surface area contributed by atoms with E-state index in [0.717, 1.165) is 60.9 Å². The van der Waals surface area contributed by atoms with Crippen molar-refractivity contribution < 1.29 is 14.3 Å². The molecule has 1 aliphatic heterocycles. The number of aryl methyl sites for hydroxylation is 1. The van der Waals surface area contributed by atoms with Crippen LogP contribution in [0.4, 0.5) is 0 Å². The molecule has 3 N–H and O–H groups in total. The third-order valence-electron chi connectivity index (χ3n) is 5.22. The number of benzene rings is 1. The first kappa shape index (κ1) is 23.0. The highest BCUT2D eigenvalue weighted by molar-refractivity contribution is 7.09. The summed E-state index contributed by atoms with van der Waals surface area (Å²) in [6, 6.07) is 7.59. The molecule has 3 rings (SSSR count). The van der Waals surface area contributed by atoms with Crippen molar-refractivity contribution in [3.63, 3.8) is 0 Å². The Morgan fingerprint density at radius 1 is 1.35 bits per heavy atom. The summed E-state index contributed by atoms with van der Waals surface area (Å²) in [5.41, 5.74) is 7.27. The first-order chi connectivity index (χ1) is 15.0. The second kappa shape index (κ2) is 11.6. The molecule has 0 aliphatic carbocycles. The van der Waals surface area contributed by atoms with E-state index in [1.54, 1.807) is 17.4 Å². The smallest absolute Gasteiger partial charge is 0.243 e. The van der Waals surface area contributed by atoms with E-state index in [-0.39, 0.29) is 17.7 Å². The van der Waals surface area contributed by atoms with Gasteiger partial charge < -0.3 is 20.7 Å². The Kier molecular flexibility index (Phi) is 8.61. The standard InChI is InChI=1S/C23H30N4O3S/c1-17-26-20(16-31-17)15-30-21-8-5-18(6-9-21)7-10-22(28)25-11-3-13-27-12-2-4-19(14-27)23(24)29/h5-10,16,19H,2-4,11-15H2,1H3,(H2,24,29)(H,25,28)/b10-7+. The molecule has 0 saturated carbocycles. The van der Waals surface area contributed by atoms with Gasteiger partial charge in [-0.1, -0.05) is 12.1 Å². The molecule has 1 aliphatic rings. The van der Waals surface area contributed by atoms with Gasteiger partial charge in [-0.2, -0.15) is 0 Å². The number of amides is 2. The van der Waals surface area contributed by atoms with Crippen molar-refractivity contribution in [3.05, 3.63) is 52.0 Å². The molecule has 0 bridgehead atoms. The van der Waals surface area contributed by atoms with Gasteiger partial charge in [-0.05, 0) is 63.0 Å². The lowest BCUT2D eigenvalue weighted by atomic mass is 9.97. The summed E-state index contributed by atoms with van der Waals surface area (Å²) in [6.45, 7) is 5.59. The number of hydrogen-bond acceptors (Lipinski definition) is 6. The van der Waals surface area contributed by atoms with Crippen LogP contribution in [0, 0.1) is 12.8 Å². The average molecular weight is 443 g/mol. The van der Waals surface area contributed by atoms with Crippen molar-refractivity contribution in [1.29, 1.82) is 0 Å². The lowest BCUT2D eigenvalue weighted by molar-refractivity contribution is -0.123. The molecule has 0 spiro atoms. The van der Waals surface area contributed by atoms with Crippen LogP contribution in [0.15, 0.2) is 35.7 Å². The fourth-order valence-corrected chi connectivity index (χ4v) is 4.14. The molecule has 1 aromatic carbocycles. The normalized spacial score (nSPS) is 17.0. The number of nitrogens with one attached hydrogen (secondary N) is 1. The number of thiazole rings is 1. The number of rotatable bonds is 10. The van der Waals surface area contributed by atoms with E-state index >= 15 is 0 Å². The highest BCUT2D eigenvalue weighted by atomic mass is 32.1. The van der Waals surface area contributed by atoms with E-state index in [9.17, 15) is 9.59 Å². The summed E-state index contributed by atoms with van der Waals surface area (Å²) in [6.07, 6.45) is 6.04. The van der Waals surface area contributed by atoms with Crippen molar-refractivity contribution in [2.45, 2.75) is 32.8 Å². The van der Waals surface area contributed by atoms with Gasteiger partial charge in [0.1, 0.15) is 12.4 Å². The molecular formula is C23H30N4O3S. The number of hydrogen-bond donors (Lipinski definition) is 2. The van der Waals surface area contributed by atoms with Crippen LogP contribution >= 0.6 is 11.3 Å². The van der Waals surface area contributed by atoms with E-state index in [2.05, 4.69) is 15.2 Å². The lowest BCUT2D eigenvalue weighted by Crippen LogP contribution is -2.42. The van der Waals surface area contributed by atoms with Crippen LogP contribution in [-0.2, 0) is 16.2 Å². The zero-order chi connectivity index (χ0) is 22.1. The van der Waals surface area contributed by atoms with E-state index in [1.807, 2.05) is 36.6 Å². The second-order valence-corrected chi connectivity index (χ2v) is 8.80. The average Bonchev–Trinajstić information content (AvgIpc) is 3.20. The number of carbonyl (C=O) groups is 2. The van der Waals surface area contributed by atoms with Crippen molar-refractivity contribution in [2.75, 3.05) is 26.2 Å². The number of aromatic nitrogens is 1. The van der Waals surface area contributed by atoms with Gasteiger partial charge in [-0.25, -0.2) is 4.98 Å². The number of nitrogens with two attached hydrogens (primary N) is 1. The number of nitrogens with zero attached hydrogens (tertiary/aromatic N) is 2. The molecule has 1 fully saturated rings. The summed E-state index contributed by atoms with van der Waals surface area (Å²) < 4.78 is 5.73. The summed E-state index contributed by atoms with van der Waals surface area (Å²) in [7, 11) is 0. The highest BCUT2D eigenvalue weighted by Gasteiger charge is 2.23. The van der Waals surface area contributed by atoms with Crippen molar-refractivity contribution in [3.8, 4) is 5.75 Å². The van der Waals surface area contributed by atoms with Crippen LogP contribution in [0.2, 0.25) is 0 Å². The largest absolute Gasteiger partial charge is 0.487 e. The maximum absolute atomic E-state index is 12.0. The van der Waals surface area contributed by atoms with Gasteiger partial charge >= 0.3 is 0 Å². The van der Waals surface area contributed by atoms with Crippen molar-refractivity contribution in [2.24, 2.45) is 11.7 Å². The maximum Gasteiger partial charge on any atom is 0.243 e. The summed E-state index contributed by atoms with van der Waals surface area (Å²) in [4.78, 5) is 30.0. The quantitative estimate of drug-likeness (QED) is 0.436. The van der Waals surface area contributed by atoms with Crippen LogP contribution < -0.4 is 15.8 Å². The lowest BCUT2D eigenvalue weighted by Gasteiger charge is -2.31. The fourth-order valence-electron chi connectivity index (χ4n) is 3.54. The molecular weight excluding hydrogens is 412 g/mol. The Hall–Kier alpha value is -2.71. The molecule has 2 amide bonds. The minimum atomic E-state index is -0.211. The number of ether oxygens (including phenoxy) is 1. The monoisotopic (exact) mass is 442 g/mol. The fraction of sp³-hybridized carbons (Fsp3) is 0.435. The van der Waals surface area contributed by atoms with E-state index in [1.165, 1.54) is 6.08 Å². The SMILES string of the molecule is Cc1nc(COc2ccc(/C=C/C(=O)NCCCN3CCCC(C(N)=O)C3)cc2)cs1.